The molecule has 0 unspecified atom stereocenters. The third-order valence-electron chi connectivity index (χ3n) is 5.27. The van der Waals surface area contributed by atoms with Crippen LogP contribution in [0.3, 0.4) is 0 Å². The van der Waals surface area contributed by atoms with Crippen LogP contribution in [-0.4, -0.2) is 30.7 Å². The first-order valence-corrected chi connectivity index (χ1v) is 12.2. The Hall–Kier alpha value is -2.70. The summed E-state index contributed by atoms with van der Waals surface area (Å²) in [5.74, 6) is -0.371. The molecule has 1 aromatic heterocycles. The van der Waals surface area contributed by atoms with Crippen molar-refractivity contribution in [1.82, 2.24) is 9.78 Å². The van der Waals surface area contributed by atoms with Crippen molar-refractivity contribution in [3.63, 3.8) is 0 Å². The molecule has 0 N–H and O–H groups in total. The molecular weight excluding hydrogens is 392 g/mol. The minimum atomic E-state index is -2.65. The number of hydrogen-bond acceptors (Lipinski definition) is 4. The number of benzene rings is 2. The predicted molar refractivity (Wildman–Crippen MR) is 122 cm³/mol. The van der Waals surface area contributed by atoms with E-state index in [4.69, 9.17) is 9.16 Å². The van der Waals surface area contributed by atoms with Gasteiger partial charge in [0, 0.05) is 7.05 Å². The Kier molecular flexibility index (Phi) is 6.58. The smallest absolute Gasteiger partial charge is 0.356 e. The van der Waals surface area contributed by atoms with Crippen LogP contribution in [0.25, 0.3) is 0 Å². The fourth-order valence-corrected chi connectivity index (χ4v) is 8.46. The zero-order valence-electron chi connectivity index (χ0n) is 18.4. The average molecular weight is 423 g/mol. The molecule has 0 saturated heterocycles. The molecule has 0 aliphatic carbocycles. The molecule has 2 aromatic carbocycles. The van der Waals surface area contributed by atoms with Gasteiger partial charge in [0.25, 0.3) is 8.32 Å². The first-order chi connectivity index (χ1) is 14.3. The average Bonchev–Trinajstić information content (AvgIpc) is 3.10. The zero-order chi connectivity index (χ0) is 21.8. The Labute approximate surface area is 179 Å². The van der Waals surface area contributed by atoms with Crippen LogP contribution >= 0.6 is 0 Å². The second kappa shape index (κ2) is 8.98. The number of aromatic nitrogens is 2. The highest BCUT2D eigenvalue weighted by atomic mass is 28.4. The van der Waals surface area contributed by atoms with Crippen LogP contribution in [-0.2, 0) is 22.8 Å². The molecule has 0 saturated carbocycles. The van der Waals surface area contributed by atoms with E-state index in [0.29, 0.717) is 24.6 Å². The van der Waals surface area contributed by atoms with E-state index >= 15 is 0 Å². The van der Waals surface area contributed by atoms with E-state index in [1.165, 1.54) is 10.4 Å². The van der Waals surface area contributed by atoms with Gasteiger partial charge in [-0.25, -0.2) is 4.79 Å². The Balaban J connectivity index is 2.03. The number of aryl methyl sites for hydroxylation is 1. The minimum absolute atomic E-state index is 0.117. The lowest BCUT2D eigenvalue weighted by Crippen LogP contribution is -2.66. The fourth-order valence-electron chi connectivity index (χ4n) is 3.94. The van der Waals surface area contributed by atoms with Crippen molar-refractivity contribution in [3.05, 3.63) is 78.1 Å². The van der Waals surface area contributed by atoms with Crippen LogP contribution in [0, 0.1) is 0 Å². The van der Waals surface area contributed by atoms with Gasteiger partial charge in [0.2, 0.25) is 0 Å². The lowest BCUT2D eigenvalue weighted by molar-refractivity contribution is 0.0513. The van der Waals surface area contributed by atoms with Crippen molar-refractivity contribution in [1.29, 1.82) is 0 Å². The van der Waals surface area contributed by atoms with Gasteiger partial charge < -0.3 is 9.16 Å². The molecule has 30 heavy (non-hydrogen) atoms. The monoisotopic (exact) mass is 422 g/mol. The molecule has 0 amide bonds. The van der Waals surface area contributed by atoms with Gasteiger partial charge >= 0.3 is 5.97 Å². The van der Waals surface area contributed by atoms with Crippen LogP contribution in [0.5, 0.6) is 0 Å². The number of carbonyl (C=O) groups excluding carboxylic acids is 1. The van der Waals surface area contributed by atoms with E-state index in [2.05, 4.69) is 74.4 Å². The number of ether oxygens (including phenoxy) is 1. The first kappa shape index (κ1) is 22.0. The van der Waals surface area contributed by atoms with Gasteiger partial charge in [0.15, 0.2) is 0 Å². The summed E-state index contributed by atoms with van der Waals surface area (Å²) < 4.78 is 13.6. The van der Waals surface area contributed by atoms with Crippen molar-refractivity contribution in [2.45, 2.75) is 39.3 Å². The van der Waals surface area contributed by atoms with E-state index in [1.54, 1.807) is 24.7 Å². The molecule has 0 bridgehead atoms. The number of rotatable bonds is 7. The van der Waals surface area contributed by atoms with Crippen molar-refractivity contribution in [2.24, 2.45) is 7.05 Å². The molecule has 0 fully saturated rings. The molecular formula is C24H30N2O3Si. The maximum Gasteiger partial charge on any atom is 0.356 e. The lowest BCUT2D eigenvalue weighted by atomic mass is 10.2. The number of carbonyl (C=O) groups is 1. The van der Waals surface area contributed by atoms with Gasteiger partial charge in [-0.3, -0.25) is 4.68 Å². The molecule has 3 aromatic rings. The maximum atomic E-state index is 12.2. The summed E-state index contributed by atoms with van der Waals surface area (Å²) in [4.78, 5) is 12.2. The highest BCUT2D eigenvalue weighted by Gasteiger charge is 2.50. The van der Waals surface area contributed by atoms with Crippen molar-refractivity contribution in [3.8, 4) is 0 Å². The lowest BCUT2D eigenvalue weighted by Gasteiger charge is -2.42. The summed E-state index contributed by atoms with van der Waals surface area (Å²) in [5.41, 5.74) is 1.14. The Bertz CT molecular complexity index is 939. The van der Waals surface area contributed by atoms with E-state index in [-0.39, 0.29) is 11.0 Å². The quantitative estimate of drug-likeness (QED) is 0.431. The summed E-state index contributed by atoms with van der Waals surface area (Å²) in [6.07, 6.45) is 0. The van der Waals surface area contributed by atoms with E-state index < -0.39 is 8.32 Å². The molecule has 0 aliphatic rings. The molecule has 1 heterocycles. The van der Waals surface area contributed by atoms with Gasteiger partial charge in [-0.2, -0.15) is 5.10 Å². The molecule has 5 nitrogen and oxygen atoms in total. The predicted octanol–water partition coefficient (Wildman–Crippen LogP) is 3.67. The standard InChI is InChI=1S/C24H30N2O3Si/c1-6-28-23(27)22-17-19(25-26(22)5)18-29-30(24(2,3)4,20-13-9-7-10-14-20)21-15-11-8-12-16-21/h7-17H,6,18H2,1-5H3. The third-order valence-corrected chi connectivity index (χ3v) is 10.3. The van der Waals surface area contributed by atoms with Gasteiger partial charge in [-0.15, -0.1) is 0 Å². The van der Waals surface area contributed by atoms with Gasteiger partial charge in [0.1, 0.15) is 5.69 Å². The normalized spacial score (nSPS) is 12.0. The van der Waals surface area contributed by atoms with E-state index in [1.807, 2.05) is 12.1 Å². The third kappa shape index (κ3) is 4.25. The SMILES string of the molecule is CCOC(=O)c1cc(CO[Si](c2ccccc2)(c2ccccc2)C(C)(C)C)nn1C. The van der Waals surface area contributed by atoms with Crippen LogP contribution < -0.4 is 10.4 Å². The van der Waals surface area contributed by atoms with E-state index in [0.717, 1.165) is 0 Å². The second-order valence-corrected chi connectivity index (χ2v) is 12.6. The summed E-state index contributed by atoms with van der Waals surface area (Å²) in [6, 6.07) is 22.7. The summed E-state index contributed by atoms with van der Waals surface area (Å²) in [7, 11) is -0.899. The first-order valence-electron chi connectivity index (χ1n) is 10.2. The zero-order valence-corrected chi connectivity index (χ0v) is 19.4. The number of nitrogens with zero attached hydrogens (tertiary/aromatic N) is 2. The Morgan fingerprint density at radius 1 is 1.00 bits per heavy atom. The summed E-state index contributed by atoms with van der Waals surface area (Å²) in [5, 5.41) is 6.81. The summed E-state index contributed by atoms with van der Waals surface area (Å²) in [6.45, 7) is 9.16. The van der Waals surface area contributed by atoms with Crippen LogP contribution in [0.2, 0.25) is 5.04 Å². The van der Waals surface area contributed by atoms with Crippen LogP contribution in [0.4, 0.5) is 0 Å². The maximum absolute atomic E-state index is 12.2. The van der Waals surface area contributed by atoms with Crippen molar-refractivity contribution >= 4 is 24.7 Å². The number of esters is 1. The molecule has 6 heteroatoms. The second-order valence-electron chi connectivity index (χ2n) is 8.32. The molecule has 3 rings (SSSR count). The van der Waals surface area contributed by atoms with Crippen LogP contribution in [0.1, 0.15) is 43.9 Å². The molecule has 158 valence electrons. The Morgan fingerprint density at radius 3 is 2.00 bits per heavy atom. The van der Waals surface area contributed by atoms with Gasteiger partial charge in [-0.05, 0) is 28.4 Å². The molecule has 0 aliphatic heterocycles. The van der Waals surface area contributed by atoms with E-state index in [9.17, 15) is 4.79 Å². The Morgan fingerprint density at radius 2 is 1.53 bits per heavy atom. The summed E-state index contributed by atoms with van der Waals surface area (Å²) >= 11 is 0. The van der Waals surface area contributed by atoms with Crippen molar-refractivity contribution < 1.29 is 14.0 Å². The van der Waals surface area contributed by atoms with Crippen molar-refractivity contribution in [2.75, 3.05) is 6.61 Å². The highest BCUT2D eigenvalue weighted by Crippen LogP contribution is 2.37. The number of hydrogen-bond donors (Lipinski definition) is 0. The molecule has 0 atom stereocenters. The van der Waals surface area contributed by atoms with Gasteiger partial charge in [-0.1, -0.05) is 81.4 Å². The highest BCUT2D eigenvalue weighted by molar-refractivity contribution is 6.99. The molecule has 0 spiro atoms. The minimum Gasteiger partial charge on any atom is -0.461 e. The van der Waals surface area contributed by atoms with Crippen LogP contribution in [0.15, 0.2) is 66.7 Å². The fraction of sp³-hybridized carbons (Fsp3) is 0.333. The molecule has 0 radical (unpaired) electrons. The largest absolute Gasteiger partial charge is 0.461 e. The topological polar surface area (TPSA) is 53.4 Å². The van der Waals surface area contributed by atoms with Gasteiger partial charge in [0.05, 0.1) is 18.9 Å².